The van der Waals surface area contributed by atoms with Gasteiger partial charge in [-0.1, -0.05) is 11.3 Å². The van der Waals surface area contributed by atoms with Crippen LogP contribution in [0.3, 0.4) is 0 Å². The van der Waals surface area contributed by atoms with Crippen LogP contribution < -0.4 is 4.80 Å². The van der Waals surface area contributed by atoms with E-state index in [1.54, 1.807) is 16.9 Å². The number of carbonyl (C=O) groups is 2. The Morgan fingerprint density at radius 3 is 2.71 bits per heavy atom. The van der Waals surface area contributed by atoms with Gasteiger partial charge in [-0.25, -0.2) is 0 Å². The molecular formula is C17H17N5O5S. The number of thiazole rings is 1. The van der Waals surface area contributed by atoms with E-state index in [0.717, 1.165) is 11.3 Å². The molecule has 146 valence electrons. The molecule has 1 aromatic carbocycles. The van der Waals surface area contributed by atoms with Gasteiger partial charge in [0.2, 0.25) is 0 Å². The normalized spacial score (nSPS) is 11.9. The first-order valence-electron chi connectivity index (χ1n) is 8.29. The minimum atomic E-state index is -0.570. The summed E-state index contributed by atoms with van der Waals surface area (Å²) < 4.78 is 8.36. The van der Waals surface area contributed by atoms with Crippen molar-refractivity contribution in [2.45, 2.75) is 26.4 Å². The Morgan fingerprint density at radius 2 is 2.11 bits per heavy atom. The molecule has 0 radical (unpaired) electrons. The lowest BCUT2D eigenvalue weighted by molar-refractivity contribution is -0.384. The van der Waals surface area contributed by atoms with Crippen molar-refractivity contribution in [1.82, 2.24) is 14.3 Å². The quantitative estimate of drug-likeness (QED) is 0.366. The largest absolute Gasteiger partial charge is 0.468 e. The molecule has 2 heterocycles. The fraction of sp³-hybridized carbons (Fsp3) is 0.294. The Bertz CT molecular complexity index is 1140. The fourth-order valence-electron chi connectivity index (χ4n) is 2.49. The van der Waals surface area contributed by atoms with Gasteiger partial charge in [0, 0.05) is 24.4 Å². The lowest BCUT2D eigenvalue weighted by atomic mass is 10.3. The smallest absolute Gasteiger partial charge is 0.325 e. The average molecular weight is 403 g/mol. The number of hydrogen-bond acceptors (Lipinski definition) is 7. The number of rotatable bonds is 5. The first-order valence-corrected chi connectivity index (χ1v) is 9.10. The highest BCUT2D eigenvalue weighted by molar-refractivity contribution is 7.16. The molecule has 0 fully saturated rings. The topological polar surface area (TPSA) is 122 Å². The molecule has 3 rings (SSSR count). The van der Waals surface area contributed by atoms with Gasteiger partial charge >= 0.3 is 5.97 Å². The van der Waals surface area contributed by atoms with Crippen molar-refractivity contribution < 1.29 is 19.2 Å². The van der Waals surface area contributed by atoms with E-state index < -0.39 is 16.8 Å². The number of ether oxygens (including phenoxy) is 1. The van der Waals surface area contributed by atoms with Crippen LogP contribution in [0.4, 0.5) is 5.69 Å². The Labute approximate surface area is 162 Å². The average Bonchev–Trinajstić information content (AvgIpc) is 3.27. The van der Waals surface area contributed by atoms with Gasteiger partial charge in [0.05, 0.1) is 22.2 Å². The number of carbonyl (C=O) groups excluding carboxylic acids is 2. The zero-order chi connectivity index (χ0) is 20.4. The summed E-state index contributed by atoms with van der Waals surface area (Å²) in [5, 5.41) is 15.2. The van der Waals surface area contributed by atoms with Crippen LogP contribution in [0.15, 0.2) is 35.5 Å². The van der Waals surface area contributed by atoms with E-state index in [9.17, 15) is 19.7 Å². The van der Waals surface area contributed by atoms with Crippen LogP contribution in [0.25, 0.3) is 10.2 Å². The molecule has 0 bridgehead atoms. The van der Waals surface area contributed by atoms with Crippen molar-refractivity contribution in [3.8, 4) is 0 Å². The molecule has 3 aromatic rings. The SMILES string of the molecule is COC(=O)Cn1c(=NC(=O)c2ccn(C(C)C)n2)sc2cc([N+](=O)[O-])ccc21. The minimum absolute atomic E-state index is 0.0903. The number of esters is 1. The highest BCUT2D eigenvalue weighted by Crippen LogP contribution is 2.23. The Kier molecular flexibility index (Phi) is 5.36. The Balaban J connectivity index is 2.12. The predicted octanol–water partition coefficient (Wildman–Crippen LogP) is 2.30. The van der Waals surface area contributed by atoms with E-state index in [4.69, 9.17) is 4.74 Å². The van der Waals surface area contributed by atoms with Gasteiger partial charge in [-0.05, 0) is 26.0 Å². The first-order chi connectivity index (χ1) is 13.3. The molecule has 0 aliphatic rings. The van der Waals surface area contributed by atoms with E-state index in [2.05, 4.69) is 10.1 Å². The van der Waals surface area contributed by atoms with Crippen LogP contribution in [0, 0.1) is 10.1 Å². The third kappa shape index (κ3) is 3.83. The number of methoxy groups -OCH3 is 1. The third-order valence-corrected chi connectivity index (χ3v) is 4.99. The molecule has 28 heavy (non-hydrogen) atoms. The first kappa shape index (κ1) is 19.4. The summed E-state index contributed by atoms with van der Waals surface area (Å²) in [5.74, 6) is -1.10. The summed E-state index contributed by atoms with van der Waals surface area (Å²) in [6.07, 6.45) is 1.68. The molecule has 1 amide bonds. The summed E-state index contributed by atoms with van der Waals surface area (Å²) in [5.41, 5.74) is 0.620. The number of nitro groups is 1. The maximum absolute atomic E-state index is 12.5. The van der Waals surface area contributed by atoms with E-state index in [0.29, 0.717) is 10.2 Å². The van der Waals surface area contributed by atoms with E-state index in [-0.39, 0.29) is 28.8 Å². The highest BCUT2D eigenvalue weighted by Gasteiger charge is 2.16. The van der Waals surface area contributed by atoms with Gasteiger partial charge in [-0.2, -0.15) is 10.1 Å². The molecule has 0 atom stereocenters. The van der Waals surface area contributed by atoms with E-state index in [1.807, 2.05) is 13.8 Å². The second-order valence-electron chi connectivity index (χ2n) is 6.15. The summed E-state index contributed by atoms with van der Waals surface area (Å²) in [4.78, 5) is 39.2. The maximum Gasteiger partial charge on any atom is 0.325 e. The second-order valence-corrected chi connectivity index (χ2v) is 7.16. The van der Waals surface area contributed by atoms with Crippen molar-refractivity contribution in [2.24, 2.45) is 4.99 Å². The number of non-ortho nitro benzene ring substituents is 1. The number of benzene rings is 1. The number of nitro benzene ring substituents is 1. The van der Waals surface area contributed by atoms with E-state index in [1.165, 1.54) is 29.9 Å². The van der Waals surface area contributed by atoms with Gasteiger partial charge in [0.25, 0.3) is 11.6 Å². The maximum atomic E-state index is 12.5. The molecule has 2 aromatic heterocycles. The van der Waals surface area contributed by atoms with Gasteiger partial charge in [0.15, 0.2) is 10.5 Å². The lowest BCUT2D eigenvalue weighted by Crippen LogP contribution is -2.22. The number of nitrogens with zero attached hydrogens (tertiary/aromatic N) is 5. The zero-order valence-electron chi connectivity index (χ0n) is 15.4. The number of amides is 1. The Hall–Kier alpha value is -3.34. The summed E-state index contributed by atoms with van der Waals surface area (Å²) in [6, 6.07) is 5.89. The molecule has 0 unspecified atom stereocenters. The zero-order valence-corrected chi connectivity index (χ0v) is 16.2. The van der Waals surface area contributed by atoms with Crippen molar-refractivity contribution >= 4 is 39.1 Å². The highest BCUT2D eigenvalue weighted by atomic mass is 32.1. The van der Waals surface area contributed by atoms with Crippen LogP contribution in [-0.2, 0) is 16.1 Å². The summed E-state index contributed by atoms with van der Waals surface area (Å²) in [7, 11) is 1.25. The van der Waals surface area contributed by atoms with Crippen LogP contribution in [0.5, 0.6) is 0 Å². The second kappa shape index (κ2) is 7.72. The van der Waals surface area contributed by atoms with Gasteiger partial charge in [-0.3, -0.25) is 24.4 Å². The third-order valence-electron chi connectivity index (χ3n) is 3.95. The van der Waals surface area contributed by atoms with Crippen LogP contribution in [0.1, 0.15) is 30.4 Å². The molecule has 10 nitrogen and oxygen atoms in total. The number of aromatic nitrogens is 3. The number of fused-ring (bicyclic) bond motifs is 1. The molecule has 0 aliphatic carbocycles. The lowest BCUT2D eigenvalue weighted by Gasteiger charge is -2.03. The molecule has 11 heteroatoms. The standard InChI is InChI=1S/C17H17N5O5S/c1-10(2)21-7-6-12(19-21)16(24)18-17-20(9-15(23)27-3)13-5-4-11(22(25)26)8-14(13)28-17/h4-8,10H,9H2,1-3H3. The molecule has 0 saturated carbocycles. The molecule has 0 N–H and O–H groups in total. The molecule has 0 saturated heterocycles. The van der Waals surface area contributed by atoms with Gasteiger partial charge < -0.3 is 9.30 Å². The Morgan fingerprint density at radius 1 is 1.36 bits per heavy atom. The van der Waals surface area contributed by atoms with Crippen LogP contribution >= 0.6 is 11.3 Å². The van der Waals surface area contributed by atoms with Gasteiger partial charge in [-0.15, -0.1) is 0 Å². The van der Waals surface area contributed by atoms with Crippen molar-refractivity contribution in [3.05, 3.63) is 51.1 Å². The monoisotopic (exact) mass is 403 g/mol. The van der Waals surface area contributed by atoms with Crippen molar-refractivity contribution in [2.75, 3.05) is 7.11 Å². The van der Waals surface area contributed by atoms with Gasteiger partial charge in [0.1, 0.15) is 6.54 Å². The molecule has 0 aliphatic heterocycles. The van der Waals surface area contributed by atoms with Crippen molar-refractivity contribution in [1.29, 1.82) is 0 Å². The number of hydrogen-bond donors (Lipinski definition) is 0. The van der Waals surface area contributed by atoms with Crippen molar-refractivity contribution in [3.63, 3.8) is 0 Å². The van der Waals surface area contributed by atoms with Crippen LogP contribution in [0.2, 0.25) is 0 Å². The summed E-state index contributed by atoms with van der Waals surface area (Å²) in [6.45, 7) is 3.68. The van der Waals surface area contributed by atoms with Crippen LogP contribution in [-0.4, -0.2) is 38.3 Å². The fourth-order valence-corrected chi connectivity index (χ4v) is 3.55. The minimum Gasteiger partial charge on any atom is -0.468 e. The molecular weight excluding hydrogens is 386 g/mol. The molecule has 0 spiro atoms. The summed E-state index contributed by atoms with van der Waals surface area (Å²) >= 11 is 1.07. The van der Waals surface area contributed by atoms with E-state index >= 15 is 0 Å². The predicted molar refractivity (Wildman–Crippen MR) is 101 cm³/mol.